The molecule has 0 radical (unpaired) electrons. The van der Waals surface area contributed by atoms with Crippen LogP contribution in [0.25, 0.3) is 0 Å². The second kappa shape index (κ2) is 9.18. The number of rotatable bonds is 7. The molecule has 0 unspecified atom stereocenters. The normalized spacial score (nSPS) is 16.0. The van der Waals surface area contributed by atoms with Crippen molar-refractivity contribution in [1.82, 2.24) is 10.2 Å². The van der Waals surface area contributed by atoms with Gasteiger partial charge in [0.1, 0.15) is 30.8 Å². The monoisotopic (exact) mass is 513 g/mol. The van der Waals surface area contributed by atoms with E-state index in [0.29, 0.717) is 14.9 Å². The number of halogens is 2. The molecule has 0 saturated carbocycles. The van der Waals surface area contributed by atoms with Gasteiger partial charge in [0.05, 0.1) is 12.3 Å². The number of benzene rings is 2. The Morgan fingerprint density at radius 2 is 1.97 bits per heavy atom. The van der Waals surface area contributed by atoms with E-state index in [9.17, 15) is 18.8 Å². The van der Waals surface area contributed by atoms with Gasteiger partial charge in [-0.2, -0.15) is 0 Å². The van der Waals surface area contributed by atoms with Gasteiger partial charge in [-0.3, -0.25) is 14.5 Å². The number of anilines is 1. The number of carbonyl (C=O) groups is 3. The van der Waals surface area contributed by atoms with Crippen LogP contribution in [-0.2, 0) is 9.59 Å². The minimum absolute atomic E-state index is 0.0301. The van der Waals surface area contributed by atoms with Gasteiger partial charge >= 0.3 is 6.03 Å². The predicted octanol–water partition coefficient (Wildman–Crippen LogP) is 2.03. The first-order chi connectivity index (χ1) is 13.9. The third-order valence-corrected chi connectivity index (χ3v) is 4.78. The third-order valence-electron chi connectivity index (χ3n) is 4.11. The quantitative estimate of drug-likeness (QED) is 0.388. The minimum atomic E-state index is -0.933. The van der Waals surface area contributed by atoms with Crippen molar-refractivity contribution in [2.75, 3.05) is 25.1 Å². The number of urea groups is 1. The van der Waals surface area contributed by atoms with E-state index in [-0.39, 0.29) is 18.9 Å². The molecule has 2 aromatic carbocycles. The highest BCUT2D eigenvalue weighted by molar-refractivity contribution is 14.1. The summed E-state index contributed by atoms with van der Waals surface area (Å²) < 4.78 is 19.8. The number of nitrogens with one attached hydrogen (secondary N) is 2. The molecular formula is C19H17FIN3O5. The first kappa shape index (κ1) is 21.0. The van der Waals surface area contributed by atoms with Crippen LogP contribution in [0.1, 0.15) is 11.6 Å². The molecule has 10 heteroatoms. The van der Waals surface area contributed by atoms with Gasteiger partial charge in [-0.05, 0) is 58.5 Å². The minimum Gasteiger partial charge on any atom is -0.491 e. The van der Waals surface area contributed by atoms with E-state index < -0.39 is 36.2 Å². The number of hydrogen-bond donors (Lipinski definition) is 3. The molecule has 1 saturated heterocycles. The highest BCUT2D eigenvalue weighted by Crippen LogP contribution is 2.24. The van der Waals surface area contributed by atoms with Crippen LogP contribution in [0.2, 0.25) is 0 Å². The summed E-state index contributed by atoms with van der Waals surface area (Å²) in [6.07, 6.45) is 0. The lowest BCUT2D eigenvalue weighted by Crippen LogP contribution is -2.38. The fourth-order valence-electron chi connectivity index (χ4n) is 2.74. The van der Waals surface area contributed by atoms with Crippen LogP contribution < -0.4 is 15.4 Å². The zero-order chi connectivity index (χ0) is 21.0. The van der Waals surface area contributed by atoms with Gasteiger partial charge in [0.25, 0.3) is 5.91 Å². The molecule has 0 bridgehead atoms. The summed E-state index contributed by atoms with van der Waals surface area (Å²) in [5.74, 6) is -1.38. The molecule has 3 rings (SSSR count). The molecule has 0 aliphatic carbocycles. The number of hydrogen-bond acceptors (Lipinski definition) is 5. The van der Waals surface area contributed by atoms with E-state index in [1.54, 1.807) is 30.3 Å². The lowest BCUT2D eigenvalue weighted by atomic mass is 10.1. The lowest BCUT2D eigenvalue weighted by Gasteiger charge is -2.14. The summed E-state index contributed by atoms with van der Waals surface area (Å²) in [6.45, 7) is -0.519. The van der Waals surface area contributed by atoms with Crippen LogP contribution in [0.3, 0.4) is 0 Å². The number of carbonyl (C=O) groups excluding carboxylic acids is 3. The molecule has 1 aliphatic rings. The van der Waals surface area contributed by atoms with Crippen LogP contribution in [0.15, 0.2) is 42.5 Å². The fourth-order valence-corrected chi connectivity index (χ4v) is 3.19. The molecule has 8 nitrogen and oxygen atoms in total. The second-order valence-electron chi connectivity index (χ2n) is 6.12. The summed E-state index contributed by atoms with van der Waals surface area (Å²) in [7, 11) is 0. The Labute approximate surface area is 179 Å². The summed E-state index contributed by atoms with van der Waals surface area (Å²) in [5, 5.41) is 13.6. The third kappa shape index (κ3) is 5.01. The summed E-state index contributed by atoms with van der Waals surface area (Å²) in [4.78, 5) is 37.7. The van der Waals surface area contributed by atoms with Crippen LogP contribution in [-0.4, -0.2) is 47.6 Å². The highest BCUT2D eigenvalue weighted by atomic mass is 127. The van der Waals surface area contributed by atoms with Crippen molar-refractivity contribution < 1.29 is 28.6 Å². The van der Waals surface area contributed by atoms with Gasteiger partial charge in [0.15, 0.2) is 0 Å². The van der Waals surface area contributed by atoms with E-state index in [1.165, 1.54) is 12.1 Å². The van der Waals surface area contributed by atoms with Gasteiger partial charge in [-0.1, -0.05) is 12.1 Å². The summed E-state index contributed by atoms with van der Waals surface area (Å²) in [5.41, 5.74) is 0.490. The van der Waals surface area contributed by atoms with E-state index in [1.807, 2.05) is 22.6 Å². The van der Waals surface area contributed by atoms with E-state index >= 15 is 0 Å². The molecular weight excluding hydrogens is 496 g/mol. The van der Waals surface area contributed by atoms with Gasteiger partial charge in [-0.25, -0.2) is 9.18 Å². The fraction of sp³-hybridized carbons (Fsp3) is 0.211. The Balaban J connectivity index is 1.64. The van der Waals surface area contributed by atoms with Crippen LogP contribution in [0, 0.1) is 9.39 Å². The van der Waals surface area contributed by atoms with E-state index in [0.717, 1.165) is 4.90 Å². The number of ether oxygens (including phenoxy) is 1. The molecule has 2 aromatic rings. The Morgan fingerprint density at radius 1 is 1.24 bits per heavy atom. The number of aliphatic hydroxyl groups is 1. The van der Waals surface area contributed by atoms with E-state index in [2.05, 4.69) is 10.6 Å². The highest BCUT2D eigenvalue weighted by Gasteiger charge is 2.39. The zero-order valence-electron chi connectivity index (χ0n) is 15.0. The second-order valence-corrected chi connectivity index (χ2v) is 7.37. The molecule has 1 aliphatic heterocycles. The number of imide groups is 1. The van der Waals surface area contributed by atoms with Gasteiger partial charge in [-0.15, -0.1) is 0 Å². The maximum Gasteiger partial charge on any atom is 0.325 e. The molecule has 1 fully saturated rings. The first-order valence-electron chi connectivity index (χ1n) is 8.59. The number of aliphatic hydroxyl groups excluding tert-OH is 1. The summed E-state index contributed by atoms with van der Waals surface area (Å²) in [6, 6.07) is 9.09. The Hall–Kier alpha value is -2.73. The van der Waals surface area contributed by atoms with Crippen molar-refractivity contribution in [3.8, 4) is 5.75 Å². The largest absolute Gasteiger partial charge is 0.491 e. The van der Waals surface area contributed by atoms with Crippen molar-refractivity contribution in [3.63, 3.8) is 0 Å². The average Bonchev–Trinajstić information content (AvgIpc) is 2.97. The maximum atomic E-state index is 13.9. The van der Waals surface area contributed by atoms with Gasteiger partial charge in [0, 0.05) is 3.57 Å². The molecule has 1 atom stereocenters. The van der Waals surface area contributed by atoms with Crippen molar-refractivity contribution >= 4 is 46.1 Å². The van der Waals surface area contributed by atoms with Crippen molar-refractivity contribution in [2.45, 2.75) is 6.04 Å². The van der Waals surface area contributed by atoms with Crippen molar-refractivity contribution in [1.29, 1.82) is 0 Å². The Morgan fingerprint density at radius 3 is 2.62 bits per heavy atom. The van der Waals surface area contributed by atoms with Crippen molar-refractivity contribution in [3.05, 3.63) is 57.4 Å². The molecule has 1 heterocycles. The predicted molar refractivity (Wildman–Crippen MR) is 110 cm³/mol. The standard InChI is InChI=1S/C19H17FIN3O5/c20-14-9-12(21)3-6-15(14)22-16(26)10-24-18(27)17(23-19(24)28)11-1-4-13(5-2-11)29-8-7-25/h1-6,9,17,25H,7-8,10H2,(H,22,26)(H,23,28)/t17-/m1/s1. The van der Waals surface area contributed by atoms with Gasteiger partial charge in [0.2, 0.25) is 5.91 Å². The summed E-state index contributed by atoms with van der Waals surface area (Å²) >= 11 is 1.94. The van der Waals surface area contributed by atoms with Crippen LogP contribution in [0.5, 0.6) is 5.75 Å². The molecule has 29 heavy (non-hydrogen) atoms. The molecule has 0 spiro atoms. The number of amides is 4. The number of nitrogens with zero attached hydrogens (tertiary/aromatic N) is 1. The SMILES string of the molecule is O=C(CN1C(=O)N[C@H](c2ccc(OCCO)cc2)C1=O)Nc1ccc(I)cc1F. The molecule has 3 N–H and O–H groups in total. The van der Waals surface area contributed by atoms with Crippen LogP contribution >= 0.6 is 22.6 Å². The smallest absolute Gasteiger partial charge is 0.325 e. The Bertz CT molecular complexity index is 938. The lowest BCUT2D eigenvalue weighted by molar-refractivity contribution is -0.130. The maximum absolute atomic E-state index is 13.9. The molecule has 0 aromatic heterocycles. The Kier molecular flexibility index (Phi) is 6.64. The van der Waals surface area contributed by atoms with Crippen LogP contribution in [0.4, 0.5) is 14.9 Å². The first-order valence-corrected chi connectivity index (χ1v) is 9.67. The topological polar surface area (TPSA) is 108 Å². The van der Waals surface area contributed by atoms with Crippen molar-refractivity contribution in [2.24, 2.45) is 0 Å². The van der Waals surface area contributed by atoms with Gasteiger partial charge < -0.3 is 20.5 Å². The molecule has 152 valence electrons. The molecule has 4 amide bonds. The van der Waals surface area contributed by atoms with E-state index in [4.69, 9.17) is 9.84 Å². The zero-order valence-corrected chi connectivity index (χ0v) is 17.2. The average molecular weight is 513 g/mol.